The fourth-order valence-electron chi connectivity index (χ4n) is 3.51. The van der Waals surface area contributed by atoms with E-state index in [2.05, 4.69) is 20.3 Å². The van der Waals surface area contributed by atoms with Crippen LogP contribution in [0.15, 0.2) is 12.7 Å². The van der Waals surface area contributed by atoms with Gasteiger partial charge in [0.2, 0.25) is 0 Å². The zero-order valence-corrected chi connectivity index (χ0v) is 13.5. The number of aromatic nitrogens is 3. The Balaban J connectivity index is 0.000001000. The van der Waals surface area contributed by atoms with Crippen molar-refractivity contribution < 1.29 is 0 Å². The fraction of sp³-hybridized carbons (Fsp3) is 0.846. The van der Waals surface area contributed by atoms with Crippen LogP contribution in [-0.4, -0.2) is 51.4 Å². The molecule has 2 fully saturated rings. The zero-order chi connectivity index (χ0) is 12.3. The summed E-state index contributed by atoms with van der Waals surface area (Å²) in [6, 6.07) is 0. The Labute approximate surface area is 133 Å². The highest BCUT2D eigenvalue weighted by Gasteiger charge is 2.39. The molecule has 0 aromatic carbocycles. The smallest absolute Gasteiger partial charge is 0.137 e. The van der Waals surface area contributed by atoms with Gasteiger partial charge in [-0.1, -0.05) is 19.3 Å². The van der Waals surface area contributed by atoms with Gasteiger partial charge in [-0.15, -0.1) is 24.8 Å². The standard InChI is InChI=1S/C13H23N5.2ClH/c1-2-4-13(5-3-1)10-14-6-7-17(13)8-9-18-12-15-11-16-18;;/h11-12,14H,1-10H2;2*1H. The van der Waals surface area contributed by atoms with E-state index in [1.54, 1.807) is 6.33 Å². The van der Waals surface area contributed by atoms with Crippen molar-refractivity contribution in [2.45, 2.75) is 44.2 Å². The summed E-state index contributed by atoms with van der Waals surface area (Å²) in [5.41, 5.74) is 0.428. The van der Waals surface area contributed by atoms with E-state index in [0.29, 0.717) is 5.54 Å². The number of nitrogens with zero attached hydrogens (tertiary/aromatic N) is 4. The van der Waals surface area contributed by atoms with Crippen molar-refractivity contribution in [1.82, 2.24) is 25.0 Å². The van der Waals surface area contributed by atoms with Crippen LogP contribution in [0.5, 0.6) is 0 Å². The summed E-state index contributed by atoms with van der Waals surface area (Å²) in [7, 11) is 0. The van der Waals surface area contributed by atoms with Gasteiger partial charge in [0, 0.05) is 31.7 Å². The molecule has 1 saturated carbocycles. The topological polar surface area (TPSA) is 46.0 Å². The molecule has 5 nitrogen and oxygen atoms in total. The molecule has 1 saturated heterocycles. The Bertz CT molecular complexity index is 357. The maximum absolute atomic E-state index is 4.20. The molecule has 1 spiro atoms. The predicted octanol–water partition coefficient (Wildman–Crippen LogP) is 1.73. The Morgan fingerprint density at radius 3 is 2.60 bits per heavy atom. The quantitative estimate of drug-likeness (QED) is 0.921. The van der Waals surface area contributed by atoms with E-state index in [9.17, 15) is 0 Å². The minimum Gasteiger partial charge on any atom is -0.314 e. The molecule has 0 radical (unpaired) electrons. The summed E-state index contributed by atoms with van der Waals surface area (Å²) in [6.45, 7) is 5.53. The second kappa shape index (κ2) is 8.17. The molecule has 1 aliphatic heterocycles. The highest BCUT2D eigenvalue weighted by Crippen LogP contribution is 2.34. The number of rotatable bonds is 3. The number of hydrogen-bond acceptors (Lipinski definition) is 4. The lowest BCUT2D eigenvalue weighted by atomic mass is 9.79. The first-order chi connectivity index (χ1) is 8.89. The van der Waals surface area contributed by atoms with Gasteiger partial charge in [0.05, 0.1) is 6.54 Å². The first-order valence-corrected chi connectivity index (χ1v) is 7.17. The van der Waals surface area contributed by atoms with Crippen LogP contribution in [0, 0.1) is 0 Å². The molecular formula is C13H25Cl2N5. The van der Waals surface area contributed by atoms with E-state index in [1.807, 2.05) is 11.0 Å². The van der Waals surface area contributed by atoms with Crippen LogP contribution in [-0.2, 0) is 6.54 Å². The Morgan fingerprint density at radius 2 is 1.90 bits per heavy atom. The van der Waals surface area contributed by atoms with Crippen molar-refractivity contribution in [3.05, 3.63) is 12.7 Å². The summed E-state index contributed by atoms with van der Waals surface area (Å²) < 4.78 is 1.94. The summed E-state index contributed by atoms with van der Waals surface area (Å²) in [5, 5.41) is 7.79. The van der Waals surface area contributed by atoms with Crippen molar-refractivity contribution in [2.75, 3.05) is 26.2 Å². The van der Waals surface area contributed by atoms with Crippen molar-refractivity contribution in [3.63, 3.8) is 0 Å². The van der Waals surface area contributed by atoms with Crippen LogP contribution in [0.3, 0.4) is 0 Å². The summed E-state index contributed by atoms with van der Waals surface area (Å²) in [4.78, 5) is 6.71. The van der Waals surface area contributed by atoms with Crippen LogP contribution in [0.4, 0.5) is 0 Å². The second-order valence-corrected chi connectivity index (χ2v) is 5.61. The second-order valence-electron chi connectivity index (χ2n) is 5.61. The van der Waals surface area contributed by atoms with E-state index >= 15 is 0 Å². The maximum Gasteiger partial charge on any atom is 0.137 e. The van der Waals surface area contributed by atoms with Crippen molar-refractivity contribution >= 4 is 24.8 Å². The lowest BCUT2D eigenvalue weighted by Gasteiger charge is -2.50. The molecule has 3 rings (SSSR count). The third-order valence-corrected chi connectivity index (χ3v) is 4.53. The Hall–Kier alpha value is -0.360. The SMILES string of the molecule is Cl.Cl.c1ncn(CCN2CCNCC23CCCCC3)n1. The normalized spacial score (nSPS) is 22.0. The van der Waals surface area contributed by atoms with Gasteiger partial charge < -0.3 is 5.32 Å². The third kappa shape index (κ3) is 3.85. The molecule has 0 amide bonds. The molecule has 7 heteroatoms. The highest BCUT2D eigenvalue weighted by atomic mass is 35.5. The molecule has 1 aromatic heterocycles. The van der Waals surface area contributed by atoms with Crippen LogP contribution >= 0.6 is 24.8 Å². The Kier molecular flexibility index (Phi) is 7.23. The van der Waals surface area contributed by atoms with Gasteiger partial charge in [-0.25, -0.2) is 4.98 Å². The first-order valence-electron chi connectivity index (χ1n) is 7.17. The molecule has 0 atom stereocenters. The molecule has 20 heavy (non-hydrogen) atoms. The number of halogens is 2. The molecule has 2 aliphatic rings. The van der Waals surface area contributed by atoms with Crippen molar-refractivity contribution in [3.8, 4) is 0 Å². The molecule has 1 N–H and O–H groups in total. The average molecular weight is 322 g/mol. The first kappa shape index (κ1) is 17.7. The summed E-state index contributed by atoms with van der Waals surface area (Å²) in [5.74, 6) is 0. The van der Waals surface area contributed by atoms with Crippen LogP contribution < -0.4 is 5.32 Å². The number of hydrogen-bond donors (Lipinski definition) is 1. The van der Waals surface area contributed by atoms with Gasteiger partial charge in [0.25, 0.3) is 0 Å². The van der Waals surface area contributed by atoms with Crippen molar-refractivity contribution in [1.29, 1.82) is 0 Å². The third-order valence-electron chi connectivity index (χ3n) is 4.53. The predicted molar refractivity (Wildman–Crippen MR) is 84.8 cm³/mol. The number of nitrogens with one attached hydrogen (secondary N) is 1. The van der Waals surface area contributed by atoms with Gasteiger partial charge in [-0.3, -0.25) is 9.58 Å². The van der Waals surface area contributed by atoms with Crippen LogP contribution in [0.2, 0.25) is 0 Å². The van der Waals surface area contributed by atoms with Gasteiger partial charge >= 0.3 is 0 Å². The fourth-order valence-corrected chi connectivity index (χ4v) is 3.51. The summed E-state index contributed by atoms with van der Waals surface area (Å²) in [6.07, 6.45) is 10.3. The van der Waals surface area contributed by atoms with E-state index in [4.69, 9.17) is 0 Å². The largest absolute Gasteiger partial charge is 0.314 e. The lowest BCUT2D eigenvalue weighted by molar-refractivity contribution is 0.0243. The Morgan fingerprint density at radius 1 is 1.10 bits per heavy atom. The lowest BCUT2D eigenvalue weighted by Crippen LogP contribution is -2.62. The maximum atomic E-state index is 4.20. The molecule has 2 heterocycles. The average Bonchev–Trinajstić information content (AvgIpc) is 2.92. The van der Waals surface area contributed by atoms with Crippen LogP contribution in [0.25, 0.3) is 0 Å². The van der Waals surface area contributed by atoms with Gasteiger partial charge in [0.15, 0.2) is 0 Å². The minimum atomic E-state index is 0. The molecule has 1 aromatic rings. The molecule has 1 aliphatic carbocycles. The number of piperazine rings is 1. The van der Waals surface area contributed by atoms with E-state index in [-0.39, 0.29) is 24.8 Å². The highest BCUT2D eigenvalue weighted by molar-refractivity contribution is 5.85. The van der Waals surface area contributed by atoms with Crippen LogP contribution in [0.1, 0.15) is 32.1 Å². The monoisotopic (exact) mass is 321 g/mol. The molecular weight excluding hydrogens is 297 g/mol. The van der Waals surface area contributed by atoms with Gasteiger partial charge in [0.1, 0.15) is 12.7 Å². The molecule has 0 bridgehead atoms. The van der Waals surface area contributed by atoms with Gasteiger partial charge in [-0.05, 0) is 12.8 Å². The summed E-state index contributed by atoms with van der Waals surface area (Å²) >= 11 is 0. The minimum absolute atomic E-state index is 0. The van der Waals surface area contributed by atoms with E-state index in [1.165, 1.54) is 45.2 Å². The molecule has 116 valence electrons. The van der Waals surface area contributed by atoms with E-state index < -0.39 is 0 Å². The zero-order valence-electron chi connectivity index (χ0n) is 11.8. The van der Waals surface area contributed by atoms with Gasteiger partial charge in [-0.2, -0.15) is 5.10 Å². The van der Waals surface area contributed by atoms with E-state index in [0.717, 1.165) is 19.6 Å². The van der Waals surface area contributed by atoms with Crippen molar-refractivity contribution in [2.24, 2.45) is 0 Å². The molecule has 0 unspecified atom stereocenters.